The fourth-order valence-electron chi connectivity index (χ4n) is 2.85. The van der Waals surface area contributed by atoms with Crippen LogP contribution in [0.2, 0.25) is 0 Å². The first kappa shape index (κ1) is 17.9. The van der Waals surface area contributed by atoms with E-state index in [1.54, 1.807) is 12.1 Å². The lowest BCUT2D eigenvalue weighted by atomic mass is 10.1. The van der Waals surface area contributed by atoms with Crippen molar-refractivity contribution in [3.8, 4) is 5.75 Å². The number of nitro groups is 1. The van der Waals surface area contributed by atoms with Gasteiger partial charge >= 0.3 is 0 Å². The number of benzene rings is 3. The van der Waals surface area contributed by atoms with Crippen molar-refractivity contribution in [3.05, 3.63) is 82.4 Å². The number of fused-ring (bicyclic) bond motifs is 1. The van der Waals surface area contributed by atoms with Gasteiger partial charge in [0.15, 0.2) is 0 Å². The minimum absolute atomic E-state index is 0.130. The molecule has 0 aliphatic carbocycles. The van der Waals surface area contributed by atoms with Gasteiger partial charge in [0.2, 0.25) is 0 Å². The van der Waals surface area contributed by atoms with E-state index in [1.807, 2.05) is 36.4 Å². The second kappa shape index (κ2) is 8.45. The standard InChI is InChI=1S/C21H22N2O3/c1-22(14-13-17-9-11-19(12-10-17)23(24)25)15-16-26-21-8-4-6-18-5-2-3-7-20(18)21/h2-12H,13-16H2,1H3. The molecule has 134 valence electrons. The Hall–Kier alpha value is -2.92. The maximum absolute atomic E-state index is 10.7. The molecular weight excluding hydrogens is 328 g/mol. The highest BCUT2D eigenvalue weighted by Crippen LogP contribution is 2.25. The van der Waals surface area contributed by atoms with E-state index >= 15 is 0 Å². The highest BCUT2D eigenvalue weighted by Gasteiger charge is 2.06. The summed E-state index contributed by atoms with van der Waals surface area (Å²) in [6, 6.07) is 21.0. The highest BCUT2D eigenvalue weighted by molar-refractivity contribution is 5.88. The Kier molecular flexibility index (Phi) is 5.81. The zero-order valence-corrected chi connectivity index (χ0v) is 14.8. The van der Waals surface area contributed by atoms with Crippen LogP contribution in [0.5, 0.6) is 5.75 Å². The third-order valence-corrected chi connectivity index (χ3v) is 4.41. The zero-order valence-electron chi connectivity index (χ0n) is 14.8. The molecule has 0 unspecified atom stereocenters. The first-order valence-electron chi connectivity index (χ1n) is 8.66. The highest BCUT2D eigenvalue weighted by atomic mass is 16.6. The van der Waals surface area contributed by atoms with Crippen LogP contribution in [0.1, 0.15) is 5.56 Å². The molecule has 0 amide bonds. The SMILES string of the molecule is CN(CCOc1cccc2ccccc12)CCc1ccc([N+](=O)[O-])cc1. The van der Waals surface area contributed by atoms with Gasteiger partial charge in [-0.2, -0.15) is 0 Å². The van der Waals surface area contributed by atoms with Crippen LogP contribution in [0, 0.1) is 10.1 Å². The largest absolute Gasteiger partial charge is 0.492 e. The van der Waals surface area contributed by atoms with E-state index in [1.165, 1.54) is 5.39 Å². The molecule has 0 N–H and O–H groups in total. The van der Waals surface area contributed by atoms with Crippen molar-refractivity contribution in [2.75, 3.05) is 26.7 Å². The lowest BCUT2D eigenvalue weighted by Crippen LogP contribution is -2.26. The van der Waals surface area contributed by atoms with Crippen molar-refractivity contribution in [1.29, 1.82) is 0 Å². The molecule has 0 saturated carbocycles. The van der Waals surface area contributed by atoms with Gasteiger partial charge in [0, 0.05) is 30.6 Å². The average molecular weight is 350 g/mol. The monoisotopic (exact) mass is 350 g/mol. The van der Waals surface area contributed by atoms with Crippen LogP contribution in [0.3, 0.4) is 0 Å². The lowest BCUT2D eigenvalue weighted by molar-refractivity contribution is -0.384. The van der Waals surface area contributed by atoms with Crippen molar-refractivity contribution in [2.45, 2.75) is 6.42 Å². The molecule has 0 atom stereocenters. The maximum atomic E-state index is 10.7. The van der Waals surface area contributed by atoms with Gasteiger partial charge in [-0.1, -0.05) is 48.5 Å². The Morgan fingerprint density at radius 3 is 2.46 bits per heavy atom. The Bertz CT molecular complexity index is 873. The van der Waals surface area contributed by atoms with E-state index in [-0.39, 0.29) is 10.6 Å². The number of hydrogen-bond acceptors (Lipinski definition) is 4. The van der Waals surface area contributed by atoms with Crippen LogP contribution in [-0.2, 0) is 6.42 Å². The van der Waals surface area contributed by atoms with Crippen LogP contribution in [-0.4, -0.2) is 36.6 Å². The number of non-ortho nitro benzene ring substituents is 1. The molecule has 3 aromatic rings. The number of nitrogens with zero attached hydrogens (tertiary/aromatic N) is 2. The Labute approximate surface area is 153 Å². The fourth-order valence-corrected chi connectivity index (χ4v) is 2.85. The third-order valence-electron chi connectivity index (χ3n) is 4.41. The van der Waals surface area contributed by atoms with Crippen molar-refractivity contribution in [3.63, 3.8) is 0 Å². The van der Waals surface area contributed by atoms with Gasteiger partial charge in [-0.05, 0) is 30.5 Å². The molecule has 0 bridgehead atoms. The summed E-state index contributed by atoms with van der Waals surface area (Å²) in [6.07, 6.45) is 0.850. The molecule has 5 nitrogen and oxygen atoms in total. The maximum Gasteiger partial charge on any atom is 0.269 e. The molecule has 3 aromatic carbocycles. The third kappa shape index (κ3) is 4.58. The minimum Gasteiger partial charge on any atom is -0.492 e. The molecule has 0 aromatic heterocycles. The summed E-state index contributed by atoms with van der Waals surface area (Å²) in [4.78, 5) is 12.5. The molecule has 26 heavy (non-hydrogen) atoms. The van der Waals surface area contributed by atoms with E-state index in [9.17, 15) is 10.1 Å². The molecule has 0 aliphatic rings. The average Bonchev–Trinajstić information content (AvgIpc) is 2.67. The molecule has 0 spiro atoms. The number of hydrogen-bond donors (Lipinski definition) is 0. The predicted molar refractivity (Wildman–Crippen MR) is 104 cm³/mol. The van der Waals surface area contributed by atoms with Crippen molar-refractivity contribution < 1.29 is 9.66 Å². The number of nitro benzene ring substituents is 1. The molecular formula is C21H22N2O3. The summed E-state index contributed by atoms with van der Waals surface area (Å²) < 4.78 is 5.97. The predicted octanol–water partition coefficient (Wildman–Crippen LogP) is 4.30. The number of rotatable bonds is 8. The van der Waals surface area contributed by atoms with Crippen LogP contribution in [0.15, 0.2) is 66.7 Å². The second-order valence-electron chi connectivity index (χ2n) is 6.30. The van der Waals surface area contributed by atoms with Crippen LogP contribution < -0.4 is 4.74 Å². The molecule has 5 heteroatoms. The number of ether oxygens (including phenoxy) is 1. The second-order valence-corrected chi connectivity index (χ2v) is 6.30. The van der Waals surface area contributed by atoms with Crippen molar-refractivity contribution in [1.82, 2.24) is 4.90 Å². The summed E-state index contributed by atoms with van der Waals surface area (Å²) in [7, 11) is 2.05. The van der Waals surface area contributed by atoms with Crippen LogP contribution in [0.25, 0.3) is 10.8 Å². The van der Waals surface area contributed by atoms with E-state index in [0.29, 0.717) is 6.61 Å². The first-order chi connectivity index (χ1) is 12.6. The topological polar surface area (TPSA) is 55.6 Å². The van der Waals surface area contributed by atoms with Gasteiger partial charge in [-0.3, -0.25) is 10.1 Å². The zero-order chi connectivity index (χ0) is 18.4. The Morgan fingerprint density at radius 2 is 1.69 bits per heavy atom. The van der Waals surface area contributed by atoms with Crippen LogP contribution in [0.4, 0.5) is 5.69 Å². The van der Waals surface area contributed by atoms with Gasteiger partial charge < -0.3 is 9.64 Å². The van der Waals surface area contributed by atoms with Crippen molar-refractivity contribution >= 4 is 16.5 Å². The smallest absolute Gasteiger partial charge is 0.269 e. The normalized spacial score (nSPS) is 11.0. The molecule has 0 radical (unpaired) electrons. The first-order valence-corrected chi connectivity index (χ1v) is 8.66. The Balaban J connectivity index is 1.46. The van der Waals surface area contributed by atoms with Gasteiger partial charge in [-0.25, -0.2) is 0 Å². The molecule has 0 fully saturated rings. The molecule has 3 rings (SSSR count). The fraction of sp³-hybridized carbons (Fsp3) is 0.238. The number of likely N-dealkylation sites (N-methyl/N-ethyl adjacent to an activating group) is 1. The quantitative estimate of drug-likeness (QED) is 0.449. The summed E-state index contributed by atoms with van der Waals surface area (Å²) in [5, 5.41) is 13.0. The van der Waals surface area contributed by atoms with Gasteiger partial charge in [0.1, 0.15) is 12.4 Å². The minimum atomic E-state index is -0.374. The van der Waals surface area contributed by atoms with E-state index in [4.69, 9.17) is 4.74 Å². The molecule has 0 aliphatic heterocycles. The van der Waals surface area contributed by atoms with E-state index in [0.717, 1.165) is 36.2 Å². The lowest BCUT2D eigenvalue weighted by Gasteiger charge is -2.17. The van der Waals surface area contributed by atoms with Crippen molar-refractivity contribution in [2.24, 2.45) is 0 Å². The molecule has 0 heterocycles. The summed E-state index contributed by atoms with van der Waals surface area (Å²) in [5.74, 6) is 0.909. The van der Waals surface area contributed by atoms with Crippen LogP contribution >= 0.6 is 0 Å². The van der Waals surface area contributed by atoms with Gasteiger partial charge in [-0.15, -0.1) is 0 Å². The van der Waals surface area contributed by atoms with E-state index < -0.39 is 0 Å². The summed E-state index contributed by atoms with van der Waals surface area (Å²) >= 11 is 0. The molecule has 0 saturated heterocycles. The van der Waals surface area contributed by atoms with Gasteiger partial charge in [0.05, 0.1) is 4.92 Å². The van der Waals surface area contributed by atoms with E-state index in [2.05, 4.69) is 30.1 Å². The van der Waals surface area contributed by atoms with Gasteiger partial charge in [0.25, 0.3) is 5.69 Å². The summed E-state index contributed by atoms with van der Waals surface area (Å²) in [5.41, 5.74) is 1.23. The Morgan fingerprint density at radius 1 is 0.962 bits per heavy atom. The summed E-state index contributed by atoms with van der Waals surface area (Å²) in [6.45, 7) is 2.30.